The van der Waals surface area contributed by atoms with Crippen molar-refractivity contribution in [2.24, 2.45) is 28.9 Å². The molecule has 0 aromatic heterocycles. The maximum absolute atomic E-state index is 6.33. The highest BCUT2D eigenvalue weighted by Gasteiger charge is 2.32. The number of piperidine rings is 1. The zero-order chi connectivity index (χ0) is 14.0. The molecule has 0 aromatic rings. The summed E-state index contributed by atoms with van der Waals surface area (Å²) in [7, 11) is 0. The normalized spacial score (nSPS) is 35.5. The SMILES string of the molecule is CC1CCC(N)C(CN2CCC(C(C)(C)C)CC2)C1. The summed E-state index contributed by atoms with van der Waals surface area (Å²) in [6.07, 6.45) is 6.68. The summed E-state index contributed by atoms with van der Waals surface area (Å²) in [6.45, 7) is 13.4. The van der Waals surface area contributed by atoms with E-state index < -0.39 is 0 Å². The van der Waals surface area contributed by atoms with Gasteiger partial charge in [0.05, 0.1) is 0 Å². The Morgan fingerprint density at radius 1 is 1.05 bits per heavy atom. The van der Waals surface area contributed by atoms with Gasteiger partial charge in [-0.3, -0.25) is 0 Å². The minimum absolute atomic E-state index is 0.455. The van der Waals surface area contributed by atoms with Crippen LogP contribution in [0.15, 0.2) is 0 Å². The standard InChI is InChI=1S/C17H34N2/c1-13-5-6-16(18)14(11-13)12-19-9-7-15(8-10-19)17(2,3)4/h13-16H,5-12,18H2,1-4H3. The Morgan fingerprint density at radius 2 is 1.68 bits per heavy atom. The lowest BCUT2D eigenvalue weighted by molar-refractivity contribution is 0.0856. The molecule has 0 spiro atoms. The van der Waals surface area contributed by atoms with Gasteiger partial charge in [0.1, 0.15) is 0 Å². The summed E-state index contributed by atoms with van der Waals surface area (Å²) < 4.78 is 0. The number of likely N-dealkylation sites (tertiary alicyclic amines) is 1. The number of nitrogens with zero attached hydrogens (tertiary/aromatic N) is 1. The smallest absolute Gasteiger partial charge is 0.00795 e. The Morgan fingerprint density at radius 3 is 2.26 bits per heavy atom. The van der Waals surface area contributed by atoms with E-state index in [1.807, 2.05) is 0 Å². The van der Waals surface area contributed by atoms with Crippen LogP contribution in [0.25, 0.3) is 0 Å². The lowest BCUT2D eigenvalue weighted by atomic mass is 9.74. The summed E-state index contributed by atoms with van der Waals surface area (Å²) in [5, 5.41) is 0. The summed E-state index contributed by atoms with van der Waals surface area (Å²) in [6, 6.07) is 0.455. The fourth-order valence-electron chi connectivity index (χ4n) is 4.05. The minimum atomic E-state index is 0.455. The van der Waals surface area contributed by atoms with Crippen LogP contribution < -0.4 is 5.73 Å². The van der Waals surface area contributed by atoms with Crippen LogP contribution in [0.4, 0.5) is 0 Å². The summed E-state index contributed by atoms with van der Waals surface area (Å²) in [5.74, 6) is 2.54. The molecule has 3 unspecified atom stereocenters. The molecule has 112 valence electrons. The van der Waals surface area contributed by atoms with Crippen molar-refractivity contribution in [3.05, 3.63) is 0 Å². The maximum atomic E-state index is 6.33. The van der Waals surface area contributed by atoms with Gasteiger partial charge >= 0.3 is 0 Å². The second-order valence-electron chi connectivity index (χ2n) is 8.28. The van der Waals surface area contributed by atoms with Crippen LogP contribution in [0.5, 0.6) is 0 Å². The summed E-state index contributed by atoms with van der Waals surface area (Å²) >= 11 is 0. The highest BCUT2D eigenvalue weighted by atomic mass is 15.1. The fraction of sp³-hybridized carbons (Fsp3) is 1.00. The summed E-state index contributed by atoms with van der Waals surface area (Å²) in [4.78, 5) is 2.69. The molecule has 1 aliphatic carbocycles. The number of nitrogens with two attached hydrogens (primary N) is 1. The molecule has 2 fully saturated rings. The average molecular weight is 266 g/mol. The summed E-state index contributed by atoms with van der Waals surface area (Å²) in [5.41, 5.74) is 6.82. The van der Waals surface area contributed by atoms with Crippen molar-refractivity contribution >= 4 is 0 Å². The van der Waals surface area contributed by atoms with Crippen LogP contribution in [-0.2, 0) is 0 Å². The van der Waals surface area contributed by atoms with Crippen molar-refractivity contribution in [3.8, 4) is 0 Å². The van der Waals surface area contributed by atoms with E-state index in [0.29, 0.717) is 11.5 Å². The molecule has 3 atom stereocenters. The molecule has 1 aliphatic heterocycles. The van der Waals surface area contributed by atoms with E-state index in [0.717, 1.165) is 17.8 Å². The first-order valence-electron chi connectivity index (χ1n) is 8.34. The maximum Gasteiger partial charge on any atom is 0.00795 e. The average Bonchev–Trinajstić information content (AvgIpc) is 2.33. The molecule has 19 heavy (non-hydrogen) atoms. The van der Waals surface area contributed by atoms with Gasteiger partial charge < -0.3 is 10.6 Å². The van der Waals surface area contributed by atoms with Gasteiger partial charge in [-0.2, -0.15) is 0 Å². The Hall–Kier alpha value is -0.0800. The molecular formula is C17H34N2. The Kier molecular flexibility index (Phi) is 4.94. The van der Waals surface area contributed by atoms with Gasteiger partial charge in [-0.15, -0.1) is 0 Å². The Labute approximate surface area is 120 Å². The van der Waals surface area contributed by atoms with Crippen molar-refractivity contribution in [1.82, 2.24) is 4.90 Å². The van der Waals surface area contributed by atoms with Gasteiger partial charge in [-0.1, -0.05) is 27.7 Å². The molecule has 2 heteroatoms. The predicted octanol–water partition coefficient (Wildman–Crippen LogP) is 3.51. The van der Waals surface area contributed by atoms with Gasteiger partial charge in [-0.05, 0) is 68.4 Å². The topological polar surface area (TPSA) is 29.3 Å². The molecule has 1 heterocycles. The first kappa shape index (κ1) is 15.3. The third-order valence-corrected chi connectivity index (χ3v) is 5.61. The minimum Gasteiger partial charge on any atom is -0.327 e. The molecule has 1 saturated carbocycles. The molecule has 2 N–H and O–H groups in total. The van der Waals surface area contributed by atoms with Crippen molar-refractivity contribution in [2.45, 2.75) is 65.8 Å². The second kappa shape index (κ2) is 6.13. The van der Waals surface area contributed by atoms with E-state index >= 15 is 0 Å². The van der Waals surface area contributed by atoms with E-state index in [4.69, 9.17) is 5.73 Å². The lowest BCUT2D eigenvalue weighted by Gasteiger charge is -2.42. The van der Waals surface area contributed by atoms with E-state index in [1.165, 1.54) is 51.7 Å². The first-order valence-corrected chi connectivity index (χ1v) is 8.34. The van der Waals surface area contributed by atoms with Crippen LogP contribution in [0.1, 0.15) is 59.8 Å². The number of hydrogen-bond donors (Lipinski definition) is 1. The first-order chi connectivity index (χ1) is 8.86. The van der Waals surface area contributed by atoms with Crippen molar-refractivity contribution < 1.29 is 0 Å². The zero-order valence-corrected chi connectivity index (χ0v) is 13.5. The lowest BCUT2D eigenvalue weighted by Crippen LogP contribution is -2.46. The van der Waals surface area contributed by atoms with Gasteiger partial charge in [0.15, 0.2) is 0 Å². The molecule has 1 saturated heterocycles. The third-order valence-electron chi connectivity index (χ3n) is 5.61. The van der Waals surface area contributed by atoms with Crippen LogP contribution in [-0.4, -0.2) is 30.6 Å². The third kappa shape index (κ3) is 4.19. The van der Waals surface area contributed by atoms with Crippen molar-refractivity contribution in [3.63, 3.8) is 0 Å². The Bertz CT molecular complexity index is 273. The molecule has 0 bridgehead atoms. The molecule has 2 aliphatic rings. The van der Waals surface area contributed by atoms with Gasteiger partial charge in [0, 0.05) is 12.6 Å². The van der Waals surface area contributed by atoms with Crippen LogP contribution in [0.3, 0.4) is 0 Å². The van der Waals surface area contributed by atoms with E-state index in [9.17, 15) is 0 Å². The highest BCUT2D eigenvalue weighted by molar-refractivity contribution is 4.86. The predicted molar refractivity (Wildman–Crippen MR) is 83.1 cm³/mol. The Balaban J connectivity index is 1.79. The van der Waals surface area contributed by atoms with Crippen molar-refractivity contribution in [1.29, 1.82) is 0 Å². The zero-order valence-electron chi connectivity index (χ0n) is 13.5. The van der Waals surface area contributed by atoms with E-state index in [-0.39, 0.29) is 0 Å². The van der Waals surface area contributed by atoms with Gasteiger partial charge in [-0.25, -0.2) is 0 Å². The largest absolute Gasteiger partial charge is 0.327 e. The van der Waals surface area contributed by atoms with Gasteiger partial charge in [0.2, 0.25) is 0 Å². The second-order valence-corrected chi connectivity index (χ2v) is 8.28. The molecular weight excluding hydrogens is 232 g/mol. The molecule has 2 nitrogen and oxygen atoms in total. The fourth-order valence-corrected chi connectivity index (χ4v) is 4.05. The quantitative estimate of drug-likeness (QED) is 0.829. The van der Waals surface area contributed by atoms with Crippen LogP contribution in [0.2, 0.25) is 0 Å². The van der Waals surface area contributed by atoms with Gasteiger partial charge in [0.25, 0.3) is 0 Å². The van der Waals surface area contributed by atoms with Crippen LogP contribution in [0, 0.1) is 23.2 Å². The molecule has 0 aromatic carbocycles. The van der Waals surface area contributed by atoms with E-state index in [2.05, 4.69) is 32.6 Å². The molecule has 0 radical (unpaired) electrons. The van der Waals surface area contributed by atoms with E-state index in [1.54, 1.807) is 0 Å². The number of hydrogen-bond acceptors (Lipinski definition) is 2. The highest BCUT2D eigenvalue weighted by Crippen LogP contribution is 2.35. The number of rotatable bonds is 2. The van der Waals surface area contributed by atoms with Crippen LogP contribution >= 0.6 is 0 Å². The monoisotopic (exact) mass is 266 g/mol. The van der Waals surface area contributed by atoms with Crippen molar-refractivity contribution in [2.75, 3.05) is 19.6 Å². The molecule has 2 rings (SSSR count). The molecule has 0 amide bonds.